The molecule has 102 valence electrons. The minimum absolute atomic E-state index is 0.0885. The minimum atomic E-state index is -2.40. The van der Waals surface area contributed by atoms with Crippen LogP contribution in [0.2, 0.25) is 11.1 Å². The van der Waals surface area contributed by atoms with E-state index < -0.39 is 8.56 Å². The predicted molar refractivity (Wildman–Crippen MR) is 73.2 cm³/mol. The van der Waals surface area contributed by atoms with Crippen molar-refractivity contribution in [3.05, 3.63) is 0 Å². The minimum Gasteiger partial charge on any atom is -0.494 e. The van der Waals surface area contributed by atoms with Crippen molar-refractivity contribution >= 4 is 14.5 Å². The van der Waals surface area contributed by atoms with Crippen molar-refractivity contribution < 1.29 is 13.6 Å². The zero-order chi connectivity index (χ0) is 13.5. The molecule has 0 spiro atoms. The SMILES string of the molecule is CCCCCC(=O)O[Si](OC)(C(C)C)C(C)C. The first kappa shape index (κ1) is 16.6. The smallest absolute Gasteiger partial charge is 0.406 e. The van der Waals surface area contributed by atoms with Crippen molar-refractivity contribution in [1.82, 2.24) is 0 Å². The summed E-state index contributed by atoms with van der Waals surface area (Å²) in [5.41, 5.74) is 0.560. The molecule has 0 amide bonds. The van der Waals surface area contributed by atoms with E-state index in [1.165, 1.54) is 0 Å². The molecule has 17 heavy (non-hydrogen) atoms. The van der Waals surface area contributed by atoms with Crippen LogP contribution in [0.3, 0.4) is 0 Å². The number of hydrogen-bond acceptors (Lipinski definition) is 3. The topological polar surface area (TPSA) is 35.5 Å². The molecule has 0 aromatic carbocycles. The third-order valence-electron chi connectivity index (χ3n) is 3.19. The molecule has 0 fully saturated rings. The van der Waals surface area contributed by atoms with Crippen LogP contribution in [0.4, 0.5) is 0 Å². The van der Waals surface area contributed by atoms with Crippen LogP contribution in [0.5, 0.6) is 0 Å². The summed E-state index contributed by atoms with van der Waals surface area (Å²) >= 11 is 0. The van der Waals surface area contributed by atoms with E-state index in [-0.39, 0.29) is 17.1 Å². The van der Waals surface area contributed by atoms with E-state index in [4.69, 9.17) is 8.85 Å². The molecule has 0 aromatic heterocycles. The van der Waals surface area contributed by atoms with Gasteiger partial charge in [-0.15, -0.1) is 0 Å². The van der Waals surface area contributed by atoms with E-state index in [9.17, 15) is 4.79 Å². The lowest BCUT2D eigenvalue weighted by Gasteiger charge is -2.35. The second kappa shape index (κ2) is 7.87. The Morgan fingerprint density at radius 3 is 2.00 bits per heavy atom. The van der Waals surface area contributed by atoms with Crippen molar-refractivity contribution in [3.63, 3.8) is 0 Å². The molecule has 0 unspecified atom stereocenters. The summed E-state index contributed by atoms with van der Waals surface area (Å²) in [6, 6.07) is 0. The van der Waals surface area contributed by atoms with Gasteiger partial charge in [0, 0.05) is 24.6 Å². The first-order valence-electron chi connectivity index (χ1n) is 6.67. The molecule has 0 aliphatic carbocycles. The predicted octanol–water partition coefficient (Wildman–Crippen LogP) is 4.02. The molecule has 4 heteroatoms. The highest BCUT2D eigenvalue weighted by atomic mass is 28.4. The molecule has 0 bridgehead atoms. The average Bonchev–Trinajstić information content (AvgIpc) is 2.25. The second-order valence-corrected chi connectivity index (χ2v) is 9.53. The molecular weight excluding hydrogens is 232 g/mol. The largest absolute Gasteiger partial charge is 0.494 e. The molecule has 0 aromatic rings. The fraction of sp³-hybridized carbons (Fsp3) is 0.923. The Morgan fingerprint density at radius 2 is 1.65 bits per heavy atom. The fourth-order valence-corrected chi connectivity index (χ4v) is 5.45. The molecule has 0 heterocycles. The molecule has 0 aliphatic rings. The van der Waals surface area contributed by atoms with Gasteiger partial charge in [0.2, 0.25) is 0 Å². The highest BCUT2D eigenvalue weighted by Crippen LogP contribution is 2.34. The van der Waals surface area contributed by atoms with E-state index in [2.05, 4.69) is 34.6 Å². The van der Waals surface area contributed by atoms with Crippen LogP contribution in [0, 0.1) is 0 Å². The molecule has 0 rings (SSSR count). The highest BCUT2D eigenvalue weighted by molar-refractivity contribution is 6.71. The van der Waals surface area contributed by atoms with Crippen LogP contribution in [0.15, 0.2) is 0 Å². The Labute approximate surface area is 107 Å². The first-order valence-corrected chi connectivity index (χ1v) is 8.64. The van der Waals surface area contributed by atoms with Gasteiger partial charge in [-0.25, -0.2) is 0 Å². The lowest BCUT2D eigenvalue weighted by atomic mass is 10.2. The summed E-state index contributed by atoms with van der Waals surface area (Å²) in [6.07, 6.45) is 3.64. The maximum atomic E-state index is 11.8. The summed E-state index contributed by atoms with van der Waals surface area (Å²) in [7, 11) is -0.725. The summed E-state index contributed by atoms with van der Waals surface area (Å²) in [6.45, 7) is 10.4. The first-order chi connectivity index (χ1) is 7.90. The van der Waals surface area contributed by atoms with Crippen LogP contribution in [0.1, 0.15) is 60.3 Å². The Balaban J connectivity index is 4.48. The van der Waals surface area contributed by atoms with Gasteiger partial charge in [-0.2, -0.15) is 0 Å². The lowest BCUT2D eigenvalue weighted by Crippen LogP contribution is -2.48. The number of carbonyl (C=O) groups excluding carboxylic acids is 1. The van der Waals surface area contributed by atoms with E-state index in [0.717, 1.165) is 19.3 Å². The van der Waals surface area contributed by atoms with Gasteiger partial charge in [-0.05, 0) is 6.42 Å². The Hall–Kier alpha value is -0.353. The van der Waals surface area contributed by atoms with Crippen molar-refractivity contribution in [2.75, 3.05) is 7.11 Å². The lowest BCUT2D eigenvalue weighted by molar-refractivity contribution is -0.137. The third kappa shape index (κ3) is 4.80. The van der Waals surface area contributed by atoms with E-state index >= 15 is 0 Å². The zero-order valence-electron chi connectivity index (χ0n) is 12.2. The van der Waals surface area contributed by atoms with Gasteiger partial charge in [-0.3, -0.25) is 4.79 Å². The van der Waals surface area contributed by atoms with Crippen LogP contribution < -0.4 is 0 Å². The van der Waals surface area contributed by atoms with Gasteiger partial charge < -0.3 is 8.85 Å². The van der Waals surface area contributed by atoms with Gasteiger partial charge in [0.25, 0.3) is 5.97 Å². The number of hydrogen-bond donors (Lipinski definition) is 0. The normalized spacial score (nSPS) is 12.2. The molecular formula is C13H28O3Si. The van der Waals surface area contributed by atoms with Gasteiger partial charge in [-0.1, -0.05) is 47.5 Å². The summed E-state index contributed by atoms with van der Waals surface area (Å²) in [5, 5.41) is 0. The Kier molecular flexibility index (Phi) is 7.71. The second-order valence-electron chi connectivity index (χ2n) is 5.17. The molecule has 0 saturated carbocycles. The molecule has 3 nitrogen and oxygen atoms in total. The van der Waals surface area contributed by atoms with Crippen LogP contribution in [-0.4, -0.2) is 21.6 Å². The Morgan fingerprint density at radius 1 is 1.12 bits per heavy atom. The van der Waals surface area contributed by atoms with Crippen molar-refractivity contribution in [2.24, 2.45) is 0 Å². The molecule has 0 saturated heterocycles. The maximum absolute atomic E-state index is 11.8. The molecule has 0 atom stereocenters. The van der Waals surface area contributed by atoms with Gasteiger partial charge in [0.1, 0.15) is 0 Å². The monoisotopic (exact) mass is 260 g/mol. The molecule has 0 N–H and O–H groups in total. The molecule has 0 aliphatic heterocycles. The average molecular weight is 260 g/mol. The van der Waals surface area contributed by atoms with Gasteiger partial charge >= 0.3 is 8.56 Å². The van der Waals surface area contributed by atoms with E-state index in [1.54, 1.807) is 7.11 Å². The number of carbonyl (C=O) groups is 1. The maximum Gasteiger partial charge on any atom is 0.406 e. The third-order valence-corrected chi connectivity index (χ3v) is 7.59. The van der Waals surface area contributed by atoms with E-state index in [0.29, 0.717) is 6.42 Å². The fourth-order valence-electron chi connectivity index (χ4n) is 2.16. The quantitative estimate of drug-likeness (QED) is 0.488. The summed E-state index contributed by atoms with van der Waals surface area (Å²) < 4.78 is 11.4. The van der Waals surface area contributed by atoms with Crippen molar-refractivity contribution in [2.45, 2.75) is 71.4 Å². The Bertz CT molecular complexity index is 219. The zero-order valence-corrected chi connectivity index (χ0v) is 13.2. The number of unbranched alkanes of at least 4 members (excludes halogenated alkanes) is 2. The van der Waals surface area contributed by atoms with Crippen molar-refractivity contribution in [1.29, 1.82) is 0 Å². The molecule has 0 radical (unpaired) electrons. The highest BCUT2D eigenvalue weighted by Gasteiger charge is 2.47. The van der Waals surface area contributed by atoms with E-state index in [1.807, 2.05) is 0 Å². The standard InChI is InChI=1S/C13H28O3Si/c1-7-8-9-10-13(14)16-17(15-6,11(2)3)12(4)5/h11-12H,7-10H2,1-6H3. The van der Waals surface area contributed by atoms with Gasteiger partial charge in [0.05, 0.1) is 0 Å². The number of rotatable bonds is 8. The van der Waals surface area contributed by atoms with Crippen molar-refractivity contribution in [3.8, 4) is 0 Å². The van der Waals surface area contributed by atoms with Crippen LogP contribution in [0.25, 0.3) is 0 Å². The summed E-state index contributed by atoms with van der Waals surface area (Å²) in [4.78, 5) is 11.8. The van der Waals surface area contributed by atoms with Crippen LogP contribution in [-0.2, 0) is 13.6 Å². The van der Waals surface area contributed by atoms with Gasteiger partial charge in [0.15, 0.2) is 0 Å². The summed E-state index contributed by atoms with van der Waals surface area (Å²) in [5.74, 6) is -0.0885. The van der Waals surface area contributed by atoms with Crippen LogP contribution >= 0.6 is 0 Å².